The van der Waals surface area contributed by atoms with E-state index in [2.05, 4.69) is 18.7 Å². The number of likely N-dealkylation sites (tertiary alicyclic amines) is 1. The summed E-state index contributed by atoms with van der Waals surface area (Å²) in [6, 6.07) is 4.84. The van der Waals surface area contributed by atoms with Crippen LogP contribution < -0.4 is 0 Å². The van der Waals surface area contributed by atoms with Gasteiger partial charge in [-0.25, -0.2) is 9.18 Å². The minimum Gasteiger partial charge on any atom is -0.478 e. The molecule has 0 aliphatic carbocycles. The molecule has 1 aliphatic rings. The summed E-state index contributed by atoms with van der Waals surface area (Å²) in [4.78, 5) is 13.2. The number of hydrogen-bond acceptors (Lipinski definition) is 2. The summed E-state index contributed by atoms with van der Waals surface area (Å²) in [6.45, 7) is 4.78. The first-order valence-corrected chi connectivity index (χ1v) is 6.76. The zero-order valence-corrected chi connectivity index (χ0v) is 11.4. The van der Waals surface area contributed by atoms with E-state index in [1.165, 1.54) is 24.6 Å². The minimum absolute atomic E-state index is 0.147. The lowest BCUT2D eigenvalue weighted by Crippen LogP contribution is -2.43. The van der Waals surface area contributed by atoms with Crippen LogP contribution in [-0.2, 0) is 6.54 Å². The van der Waals surface area contributed by atoms with Crippen LogP contribution in [0, 0.1) is 5.82 Å². The van der Waals surface area contributed by atoms with E-state index >= 15 is 0 Å². The summed E-state index contributed by atoms with van der Waals surface area (Å²) >= 11 is 0. The molecular formula is C15H20FNO2. The summed E-state index contributed by atoms with van der Waals surface area (Å²) in [5.41, 5.74) is 0.620. The third-order valence-electron chi connectivity index (χ3n) is 4.02. The minimum atomic E-state index is -1.01. The van der Waals surface area contributed by atoms with Crippen LogP contribution >= 0.6 is 0 Å². The number of nitrogens with zero attached hydrogens (tertiary/aromatic N) is 1. The van der Waals surface area contributed by atoms with Crippen LogP contribution in [0.4, 0.5) is 4.39 Å². The Kier molecular flexibility index (Phi) is 4.20. The van der Waals surface area contributed by atoms with E-state index in [9.17, 15) is 9.18 Å². The summed E-state index contributed by atoms with van der Waals surface area (Å²) in [5.74, 6) is -1.34. The molecule has 0 amide bonds. The quantitative estimate of drug-likeness (QED) is 0.911. The van der Waals surface area contributed by atoms with Crippen molar-refractivity contribution < 1.29 is 14.3 Å². The molecule has 0 aromatic heterocycles. The molecule has 1 saturated heterocycles. The van der Waals surface area contributed by atoms with Gasteiger partial charge in [0, 0.05) is 24.2 Å². The molecule has 19 heavy (non-hydrogen) atoms. The van der Waals surface area contributed by atoms with Gasteiger partial charge in [0.15, 0.2) is 0 Å². The molecule has 0 bridgehead atoms. The van der Waals surface area contributed by atoms with Gasteiger partial charge < -0.3 is 5.11 Å². The Hall–Kier alpha value is -1.42. The Bertz CT molecular complexity index is 465. The van der Waals surface area contributed by atoms with E-state index in [-0.39, 0.29) is 11.4 Å². The maximum absolute atomic E-state index is 13.8. The molecule has 1 heterocycles. The molecule has 3 nitrogen and oxygen atoms in total. The monoisotopic (exact) mass is 265 g/mol. The molecule has 1 aliphatic heterocycles. The van der Waals surface area contributed by atoms with Crippen molar-refractivity contribution in [2.24, 2.45) is 0 Å². The van der Waals surface area contributed by atoms with E-state index in [0.717, 1.165) is 12.8 Å². The molecule has 0 saturated carbocycles. The number of carboxylic acid groups (broad SMARTS) is 1. The number of carbonyl (C=O) groups is 1. The lowest BCUT2D eigenvalue weighted by atomic mass is 9.96. The molecule has 104 valence electrons. The fourth-order valence-electron chi connectivity index (χ4n) is 2.81. The highest BCUT2D eigenvalue weighted by molar-refractivity contribution is 5.87. The Morgan fingerprint density at radius 2 is 2.00 bits per heavy atom. The van der Waals surface area contributed by atoms with Gasteiger partial charge in [-0.05, 0) is 44.9 Å². The number of carboxylic acids is 1. The second-order valence-electron chi connectivity index (χ2n) is 5.41. The summed E-state index contributed by atoms with van der Waals surface area (Å²) in [7, 11) is 0. The maximum atomic E-state index is 13.8. The maximum Gasteiger partial charge on any atom is 0.335 e. The molecule has 2 atom stereocenters. The predicted octanol–water partition coefficient (Wildman–Crippen LogP) is 3.29. The standard InChI is InChI=1S/C15H20FNO2/c1-10-4-3-5-11(2)17(10)9-13-8-12(15(18)19)6-7-14(13)16/h6-8,10-11H,3-5,9H2,1-2H3,(H,18,19)/t10-,11+. The SMILES string of the molecule is C[C@@H]1CCC[C@H](C)N1Cc1cc(C(=O)O)ccc1F. The third-order valence-corrected chi connectivity index (χ3v) is 4.02. The van der Waals surface area contributed by atoms with Gasteiger partial charge in [0.25, 0.3) is 0 Å². The van der Waals surface area contributed by atoms with Crippen molar-refractivity contribution in [1.29, 1.82) is 0 Å². The Labute approximate surface area is 113 Å². The molecule has 1 aromatic rings. The van der Waals surface area contributed by atoms with Crippen LogP contribution in [0.25, 0.3) is 0 Å². The third kappa shape index (κ3) is 3.13. The van der Waals surface area contributed by atoms with Gasteiger partial charge >= 0.3 is 5.97 Å². The van der Waals surface area contributed by atoms with Crippen LogP contribution in [0.5, 0.6) is 0 Å². The van der Waals surface area contributed by atoms with Crippen molar-refractivity contribution in [3.05, 3.63) is 35.1 Å². The van der Waals surface area contributed by atoms with Gasteiger partial charge in [-0.3, -0.25) is 4.90 Å². The van der Waals surface area contributed by atoms with Crippen molar-refractivity contribution in [3.8, 4) is 0 Å². The van der Waals surface area contributed by atoms with Gasteiger partial charge in [0.1, 0.15) is 5.82 Å². The second-order valence-corrected chi connectivity index (χ2v) is 5.41. The van der Waals surface area contributed by atoms with Crippen LogP contribution in [0.2, 0.25) is 0 Å². The Morgan fingerprint density at radius 3 is 2.58 bits per heavy atom. The fraction of sp³-hybridized carbons (Fsp3) is 0.533. The van der Waals surface area contributed by atoms with Crippen LogP contribution in [-0.4, -0.2) is 28.1 Å². The largest absolute Gasteiger partial charge is 0.478 e. The Morgan fingerprint density at radius 1 is 1.37 bits per heavy atom. The van der Waals surface area contributed by atoms with Crippen molar-refractivity contribution in [1.82, 2.24) is 4.90 Å². The first-order chi connectivity index (χ1) is 8.99. The molecule has 4 heteroatoms. The zero-order valence-electron chi connectivity index (χ0n) is 11.4. The molecule has 2 rings (SSSR count). The van der Waals surface area contributed by atoms with E-state index < -0.39 is 5.97 Å². The summed E-state index contributed by atoms with van der Waals surface area (Å²) in [6.07, 6.45) is 3.44. The van der Waals surface area contributed by atoms with Crippen molar-refractivity contribution in [2.45, 2.75) is 51.7 Å². The number of piperidine rings is 1. The number of halogens is 1. The molecule has 0 unspecified atom stereocenters. The average Bonchev–Trinajstić information content (AvgIpc) is 2.35. The lowest BCUT2D eigenvalue weighted by Gasteiger charge is -2.39. The molecule has 1 aromatic carbocycles. The van der Waals surface area contributed by atoms with Gasteiger partial charge in [0.2, 0.25) is 0 Å². The number of benzene rings is 1. The normalized spacial score (nSPS) is 24.4. The first-order valence-electron chi connectivity index (χ1n) is 6.76. The van der Waals surface area contributed by atoms with Crippen LogP contribution in [0.3, 0.4) is 0 Å². The van der Waals surface area contributed by atoms with E-state index in [4.69, 9.17) is 5.11 Å². The van der Waals surface area contributed by atoms with Crippen molar-refractivity contribution in [3.63, 3.8) is 0 Å². The lowest BCUT2D eigenvalue weighted by molar-refractivity contribution is 0.0696. The predicted molar refractivity (Wildman–Crippen MR) is 71.7 cm³/mol. The highest BCUT2D eigenvalue weighted by Crippen LogP contribution is 2.25. The fourth-order valence-corrected chi connectivity index (χ4v) is 2.81. The van der Waals surface area contributed by atoms with Gasteiger partial charge in [-0.2, -0.15) is 0 Å². The number of hydrogen-bond donors (Lipinski definition) is 1. The highest BCUT2D eigenvalue weighted by Gasteiger charge is 2.25. The topological polar surface area (TPSA) is 40.5 Å². The molecule has 1 fully saturated rings. The van der Waals surface area contributed by atoms with Crippen molar-refractivity contribution in [2.75, 3.05) is 0 Å². The van der Waals surface area contributed by atoms with Gasteiger partial charge in [0.05, 0.1) is 5.56 Å². The number of aromatic carboxylic acids is 1. The van der Waals surface area contributed by atoms with Gasteiger partial charge in [-0.15, -0.1) is 0 Å². The Balaban J connectivity index is 2.21. The van der Waals surface area contributed by atoms with Crippen molar-refractivity contribution >= 4 is 5.97 Å². The first kappa shape index (κ1) is 14.0. The molecule has 0 spiro atoms. The van der Waals surface area contributed by atoms with Gasteiger partial charge in [-0.1, -0.05) is 6.42 Å². The summed E-state index contributed by atoms with van der Waals surface area (Å²) in [5, 5.41) is 8.97. The zero-order chi connectivity index (χ0) is 14.0. The van der Waals surface area contributed by atoms with E-state index in [1.807, 2.05) is 0 Å². The second kappa shape index (κ2) is 5.70. The van der Waals surface area contributed by atoms with E-state index in [1.54, 1.807) is 0 Å². The summed E-state index contributed by atoms with van der Waals surface area (Å²) < 4.78 is 13.8. The van der Waals surface area contributed by atoms with Crippen LogP contribution in [0.1, 0.15) is 49.0 Å². The molecular weight excluding hydrogens is 245 g/mol. The smallest absolute Gasteiger partial charge is 0.335 e. The van der Waals surface area contributed by atoms with E-state index in [0.29, 0.717) is 24.2 Å². The molecule has 0 radical (unpaired) electrons. The van der Waals surface area contributed by atoms with Crippen LogP contribution in [0.15, 0.2) is 18.2 Å². The average molecular weight is 265 g/mol. The molecule has 1 N–H and O–H groups in total. The number of rotatable bonds is 3. The highest BCUT2D eigenvalue weighted by atomic mass is 19.1.